The molecule has 0 spiro atoms. The number of hydrogen-bond donors (Lipinski definition) is 4. The molecule has 0 aliphatic heterocycles. The number of rotatable bonds is 7. The van der Waals surface area contributed by atoms with E-state index in [2.05, 4.69) is 32.6 Å². The van der Waals surface area contributed by atoms with Gasteiger partial charge < -0.3 is 20.4 Å². The molecule has 0 aromatic rings. The molecule has 3 fully saturated rings. The molecule has 0 heterocycles. The molecule has 0 aromatic carbocycles. The highest BCUT2D eigenvalue weighted by Crippen LogP contribution is 2.60. The van der Waals surface area contributed by atoms with Crippen molar-refractivity contribution in [3.05, 3.63) is 35.5 Å². The lowest BCUT2D eigenvalue weighted by atomic mass is 9.60. The van der Waals surface area contributed by atoms with E-state index in [0.717, 1.165) is 32.1 Å². The van der Waals surface area contributed by atoms with Crippen LogP contribution in [-0.4, -0.2) is 32.5 Å². The third-order valence-electron chi connectivity index (χ3n) is 8.87. The van der Waals surface area contributed by atoms with Gasteiger partial charge in [-0.1, -0.05) is 63.5 Å². The van der Waals surface area contributed by atoms with E-state index in [9.17, 15) is 20.4 Å². The first-order valence-corrected chi connectivity index (χ1v) is 12.4. The first kappa shape index (κ1) is 24.7. The Morgan fingerprint density at radius 2 is 1.84 bits per heavy atom. The SMILES string of the molecule is C=C1CC[C@H](O)C/C1=C/C=C1\CCC[C@@]2(C)C1CC[C@@H]2[C@H](C)CCCC(C)C(O)(O)O. The monoisotopic (exact) mass is 432 g/mol. The first-order valence-electron chi connectivity index (χ1n) is 12.4. The maximum atomic E-state index is 10.0. The van der Waals surface area contributed by atoms with Crippen molar-refractivity contribution in [3.63, 3.8) is 0 Å². The van der Waals surface area contributed by atoms with Gasteiger partial charge in [0.05, 0.1) is 6.10 Å². The summed E-state index contributed by atoms with van der Waals surface area (Å²) in [6, 6.07) is 0. The number of fused-ring (bicyclic) bond motifs is 1. The Bertz CT molecular complexity index is 701. The van der Waals surface area contributed by atoms with Gasteiger partial charge >= 0.3 is 0 Å². The molecule has 4 heteroatoms. The molecule has 31 heavy (non-hydrogen) atoms. The van der Waals surface area contributed by atoms with Crippen molar-refractivity contribution in [1.82, 2.24) is 0 Å². The summed E-state index contributed by atoms with van der Waals surface area (Å²) in [7, 11) is 0. The number of allylic oxidation sites excluding steroid dienone is 4. The Balaban J connectivity index is 1.64. The Morgan fingerprint density at radius 1 is 1.10 bits per heavy atom. The zero-order chi connectivity index (χ0) is 22.8. The molecule has 2 unspecified atom stereocenters. The van der Waals surface area contributed by atoms with Crippen LogP contribution in [0.15, 0.2) is 35.5 Å². The van der Waals surface area contributed by atoms with Crippen LogP contribution in [0.25, 0.3) is 0 Å². The highest BCUT2D eigenvalue weighted by atomic mass is 16.7. The molecule has 6 atom stereocenters. The van der Waals surface area contributed by atoms with Gasteiger partial charge in [0.2, 0.25) is 0 Å². The smallest absolute Gasteiger partial charge is 0.277 e. The Hall–Kier alpha value is -0.940. The molecule has 4 N–H and O–H groups in total. The van der Waals surface area contributed by atoms with E-state index in [1.807, 2.05) is 0 Å². The van der Waals surface area contributed by atoms with Crippen LogP contribution < -0.4 is 0 Å². The molecule has 3 rings (SSSR count). The van der Waals surface area contributed by atoms with E-state index < -0.39 is 11.9 Å². The minimum absolute atomic E-state index is 0.223. The van der Waals surface area contributed by atoms with Crippen LogP contribution in [0.1, 0.15) is 91.4 Å². The molecule has 3 aliphatic rings. The molecule has 0 aromatic heterocycles. The Morgan fingerprint density at radius 3 is 2.55 bits per heavy atom. The zero-order valence-electron chi connectivity index (χ0n) is 19.8. The van der Waals surface area contributed by atoms with E-state index in [-0.39, 0.29) is 6.10 Å². The number of aliphatic hydroxyl groups is 4. The van der Waals surface area contributed by atoms with Crippen LogP contribution in [0.5, 0.6) is 0 Å². The molecular formula is C27H44O4. The van der Waals surface area contributed by atoms with Crippen molar-refractivity contribution < 1.29 is 20.4 Å². The van der Waals surface area contributed by atoms with Gasteiger partial charge in [-0.15, -0.1) is 0 Å². The van der Waals surface area contributed by atoms with Crippen LogP contribution in [0, 0.1) is 29.1 Å². The van der Waals surface area contributed by atoms with E-state index in [4.69, 9.17) is 0 Å². The lowest BCUT2D eigenvalue weighted by molar-refractivity contribution is -0.340. The highest BCUT2D eigenvalue weighted by molar-refractivity contribution is 5.36. The number of aliphatic hydroxyl groups excluding tert-OH is 1. The Labute approximate surface area is 188 Å². The maximum Gasteiger partial charge on any atom is 0.277 e. The summed E-state index contributed by atoms with van der Waals surface area (Å²) < 4.78 is 0. The van der Waals surface area contributed by atoms with Gasteiger partial charge in [-0.3, -0.25) is 0 Å². The zero-order valence-corrected chi connectivity index (χ0v) is 19.8. The van der Waals surface area contributed by atoms with Crippen molar-refractivity contribution in [2.24, 2.45) is 29.1 Å². The van der Waals surface area contributed by atoms with Gasteiger partial charge in [-0.25, -0.2) is 0 Å². The summed E-state index contributed by atoms with van der Waals surface area (Å²) in [4.78, 5) is 0. The largest absolute Gasteiger partial charge is 0.393 e. The quantitative estimate of drug-likeness (QED) is 0.415. The topological polar surface area (TPSA) is 80.9 Å². The molecule has 0 amide bonds. The average molecular weight is 433 g/mol. The second-order valence-corrected chi connectivity index (χ2v) is 11.0. The summed E-state index contributed by atoms with van der Waals surface area (Å²) in [5, 5.41) is 38.1. The van der Waals surface area contributed by atoms with Gasteiger partial charge in [0.15, 0.2) is 0 Å². The van der Waals surface area contributed by atoms with Crippen LogP contribution in [0.4, 0.5) is 0 Å². The molecule has 3 aliphatic carbocycles. The lowest BCUT2D eigenvalue weighted by Crippen LogP contribution is -2.36. The Kier molecular flexibility index (Phi) is 7.89. The third kappa shape index (κ3) is 5.71. The minimum Gasteiger partial charge on any atom is -0.393 e. The second-order valence-electron chi connectivity index (χ2n) is 11.0. The van der Waals surface area contributed by atoms with Crippen molar-refractivity contribution in [1.29, 1.82) is 0 Å². The van der Waals surface area contributed by atoms with Crippen molar-refractivity contribution in [2.45, 2.75) is 103 Å². The van der Waals surface area contributed by atoms with E-state index in [1.165, 1.54) is 43.3 Å². The summed E-state index contributed by atoms with van der Waals surface area (Å²) in [5.41, 5.74) is 4.34. The molecule has 4 nitrogen and oxygen atoms in total. The van der Waals surface area contributed by atoms with Gasteiger partial charge in [0, 0.05) is 5.92 Å². The van der Waals surface area contributed by atoms with Gasteiger partial charge in [0.1, 0.15) is 0 Å². The maximum absolute atomic E-state index is 10.0. The molecule has 0 bridgehead atoms. The van der Waals surface area contributed by atoms with Crippen LogP contribution >= 0.6 is 0 Å². The van der Waals surface area contributed by atoms with Gasteiger partial charge in [-0.05, 0) is 86.5 Å². The molecule has 0 radical (unpaired) electrons. The molecule has 176 valence electrons. The van der Waals surface area contributed by atoms with E-state index in [1.54, 1.807) is 12.5 Å². The normalized spacial score (nSPS) is 36.6. The van der Waals surface area contributed by atoms with Crippen LogP contribution in [-0.2, 0) is 0 Å². The van der Waals surface area contributed by atoms with Gasteiger partial charge in [0.25, 0.3) is 5.97 Å². The predicted octanol–water partition coefficient (Wildman–Crippen LogP) is 5.23. The van der Waals surface area contributed by atoms with Crippen molar-refractivity contribution >= 4 is 0 Å². The minimum atomic E-state index is -2.56. The van der Waals surface area contributed by atoms with Crippen molar-refractivity contribution in [2.75, 3.05) is 0 Å². The second kappa shape index (κ2) is 9.91. The summed E-state index contributed by atoms with van der Waals surface area (Å²) in [6.45, 7) is 10.8. The third-order valence-corrected chi connectivity index (χ3v) is 8.87. The predicted molar refractivity (Wildman–Crippen MR) is 125 cm³/mol. The molecule has 3 saturated carbocycles. The fraction of sp³-hybridized carbons (Fsp3) is 0.778. The average Bonchev–Trinajstić information content (AvgIpc) is 3.05. The lowest BCUT2D eigenvalue weighted by Gasteiger charge is -2.44. The molecular weight excluding hydrogens is 388 g/mol. The summed E-state index contributed by atoms with van der Waals surface area (Å²) >= 11 is 0. The summed E-state index contributed by atoms with van der Waals surface area (Å²) in [6.07, 6.45) is 15.7. The van der Waals surface area contributed by atoms with E-state index in [0.29, 0.717) is 29.6 Å². The highest BCUT2D eigenvalue weighted by Gasteiger charge is 2.50. The van der Waals surface area contributed by atoms with Crippen LogP contribution in [0.2, 0.25) is 0 Å². The van der Waals surface area contributed by atoms with Crippen molar-refractivity contribution in [3.8, 4) is 0 Å². The first-order chi connectivity index (χ1) is 14.5. The summed E-state index contributed by atoms with van der Waals surface area (Å²) in [5.74, 6) is -1.16. The van der Waals surface area contributed by atoms with Crippen LogP contribution in [0.3, 0.4) is 0 Å². The van der Waals surface area contributed by atoms with Gasteiger partial charge in [-0.2, -0.15) is 0 Å². The van der Waals surface area contributed by atoms with E-state index >= 15 is 0 Å². The standard InChI is InChI=1S/C27H44O4/c1-18-10-13-23(28)17-22(18)12-11-21-9-6-16-26(4)24(14-15-25(21)26)19(2)7-5-8-20(3)27(29,30)31/h11-12,19-20,23-25,28-31H,1,5-10,13-17H2,2-4H3/b21-11+,22-12-/t19-,20?,23+,24-,25?,26-/m1/s1. The molecule has 0 saturated heterocycles. The fourth-order valence-electron chi connectivity index (χ4n) is 6.75. The fourth-order valence-corrected chi connectivity index (χ4v) is 6.75. The number of hydrogen-bond acceptors (Lipinski definition) is 4.